The number of nitrogens with zero attached hydrogens (tertiary/aromatic N) is 5. The highest BCUT2D eigenvalue weighted by molar-refractivity contribution is 7.89. The zero-order valence-corrected chi connectivity index (χ0v) is 18.6. The third-order valence-corrected chi connectivity index (χ3v) is 7.26. The van der Waals surface area contributed by atoms with Gasteiger partial charge in [-0.25, -0.2) is 18.4 Å². The van der Waals surface area contributed by atoms with Crippen LogP contribution in [-0.2, 0) is 10.0 Å². The summed E-state index contributed by atoms with van der Waals surface area (Å²) in [7, 11) is -3.64. The van der Waals surface area contributed by atoms with Gasteiger partial charge in [0.05, 0.1) is 28.7 Å². The van der Waals surface area contributed by atoms with Crippen molar-refractivity contribution in [3.05, 3.63) is 47.9 Å². The highest BCUT2D eigenvalue weighted by Gasteiger charge is 2.33. The molecule has 0 bridgehead atoms. The van der Waals surface area contributed by atoms with Gasteiger partial charge in [0.1, 0.15) is 12.1 Å². The third-order valence-electron chi connectivity index (χ3n) is 5.40. The average molecular weight is 444 g/mol. The summed E-state index contributed by atoms with van der Waals surface area (Å²) in [6.07, 6.45) is 4.58. The second-order valence-corrected chi connectivity index (χ2v) is 9.47. The number of rotatable bonds is 6. The van der Waals surface area contributed by atoms with E-state index in [4.69, 9.17) is 9.15 Å². The van der Waals surface area contributed by atoms with E-state index in [0.717, 1.165) is 17.7 Å². The summed E-state index contributed by atoms with van der Waals surface area (Å²) in [5.41, 5.74) is 2.20. The van der Waals surface area contributed by atoms with Crippen molar-refractivity contribution in [1.82, 2.24) is 24.5 Å². The molecule has 3 aromatic rings. The van der Waals surface area contributed by atoms with Crippen molar-refractivity contribution in [2.45, 2.75) is 44.4 Å². The lowest BCUT2D eigenvalue weighted by atomic mass is 10.00. The van der Waals surface area contributed by atoms with E-state index >= 15 is 0 Å². The minimum Gasteiger partial charge on any atom is -0.494 e. The summed E-state index contributed by atoms with van der Waals surface area (Å²) in [5, 5.41) is 8.31. The molecule has 1 aromatic carbocycles. The Morgan fingerprint density at radius 3 is 2.84 bits per heavy atom. The van der Waals surface area contributed by atoms with Gasteiger partial charge in [-0.15, -0.1) is 10.2 Å². The van der Waals surface area contributed by atoms with Gasteiger partial charge in [0.25, 0.3) is 5.89 Å². The molecule has 0 radical (unpaired) electrons. The highest BCUT2D eigenvalue weighted by atomic mass is 32.2. The van der Waals surface area contributed by atoms with Crippen molar-refractivity contribution >= 4 is 10.0 Å². The monoisotopic (exact) mass is 443 g/mol. The second kappa shape index (κ2) is 8.72. The van der Waals surface area contributed by atoms with E-state index in [1.807, 2.05) is 20.8 Å². The van der Waals surface area contributed by atoms with E-state index in [1.165, 1.54) is 10.6 Å². The van der Waals surface area contributed by atoms with Crippen LogP contribution in [0, 0.1) is 13.8 Å². The van der Waals surface area contributed by atoms with Crippen LogP contribution in [-0.4, -0.2) is 52.6 Å². The first-order valence-corrected chi connectivity index (χ1v) is 11.7. The van der Waals surface area contributed by atoms with Crippen LogP contribution in [0.2, 0.25) is 0 Å². The van der Waals surface area contributed by atoms with E-state index < -0.39 is 10.0 Å². The zero-order valence-electron chi connectivity index (χ0n) is 17.8. The Labute approximate surface area is 181 Å². The normalized spacial score (nSPS) is 17.6. The summed E-state index contributed by atoms with van der Waals surface area (Å²) < 4.78 is 39.4. The standard InChI is InChI=1S/C21H25N5O4S/c1-4-29-19-8-7-17(10-14(19)2)31(27,28)26-9-5-6-16(12-26)20-24-25-21(30-20)18-11-22-13-23-15(18)3/h7-8,10-11,13,16H,4-6,9,12H2,1-3H3/t16-/m1/s1. The molecule has 31 heavy (non-hydrogen) atoms. The fourth-order valence-electron chi connectivity index (χ4n) is 3.72. The first-order chi connectivity index (χ1) is 14.9. The van der Waals surface area contributed by atoms with Crippen molar-refractivity contribution in [3.8, 4) is 17.2 Å². The first-order valence-electron chi connectivity index (χ1n) is 10.2. The number of sulfonamides is 1. The molecule has 1 fully saturated rings. The Hall–Kier alpha value is -2.85. The van der Waals surface area contributed by atoms with Gasteiger partial charge in [0.15, 0.2) is 0 Å². The lowest BCUT2D eigenvalue weighted by molar-refractivity contribution is 0.286. The number of benzene rings is 1. The lowest BCUT2D eigenvalue weighted by Gasteiger charge is -2.30. The molecule has 1 saturated heterocycles. The second-order valence-electron chi connectivity index (χ2n) is 7.53. The van der Waals surface area contributed by atoms with Gasteiger partial charge in [-0.1, -0.05) is 0 Å². The number of hydrogen-bond acceptors (Lipinski definition) is 8. The van der Waals surface area contributed by atoms with Crippen molar-refractivity contribution < 1.29 is 17.6 Å². The zero-order chi connectivity index (χ0) is 22.0. The maximum absolute atomic E-state index is 13.3. The summed E-state index contributed by atoms with van der Waals surface area (Å²) >= 11 is 0. The molecule has 2 aromatic heterocycles. The van der Waals surface area contributed by atoms with Crippen LogP contribution in [0.25, 0.3) is 11.5 Å². The average Bonchev–Trinajstić information content (AvgIpc) is 3.26. The molecule has 3 heterocycles. The summed E-state index contributed by atoms with van der Waals surface area (Å²) in [4.78, 5) is 8.42. The van der Waals surface area contributed by atoms with Crippen molar-refractivity contribution in [2.75, 3.05) is 19.7 Å². The van der Waals surface area contributed by atoms with Crippen LogP contribution >= 0.6 is 0 Å². The van der Waals surface area contributed by atoms with Crippen LogP contribution in [0.5, 0.6) is 5.75 Å². The number of hydrogen-bond donors (Lipinski definition) is 0. The summed E-state index contributed by atoms with van der Waals surface area (Å²) in [5.74, 6) is 1.30. The minimum atomic E-state index is -3.64. The van der Waals surface area contributed by atoms with E-state index in [9.17, 15) is 8.42 Å². The Balaban J connectivity index is 1.55. The quantitative estimate of drug-likeness (QED) is 0.571. The van der Waals surface area contributed by atoms with Crippen LogP contribution in [0.15, 0.2) is 40.0 Å². The lowest BCUT2D eigenvalue weighted by Crippen LogP contribution is -2.39. The van der Waals surface area contributed by atoms with Gasteiger partial charge >= 0.3 is 0 Å². The van der Waals surface area contributed by atoms with Gasteiger partial charge in [0, 0.05) is 19.3 Å². The molecule has 0 amide bonds. The molecular formula is C21H25N5O4S. The number of aromatic nitrogens is 4. The smallest absolute Gasteiger partial charge is 0.251 e. The number of aryl methyl sites for hydroxylation is 2. The minimum absolute atomic E-state index is 0.168. The summed E-state index contributed by atoms with van der Waals surface area (Å²) in [6, 6.07) is 4.97. The molecule has 1 atom stereocenters. The molecule has 0 aliphatic carbocycles. The van der Waals surface area contributed by atoms with E-state index in [1.54, 1.807) is 24.4 Å². The molecule has 10 heteroatoms. The SMILES string of the molecule is CCOc1ccc(S(=O)(=O)N2CCC[C@@H](c3nnc(-c4cncnc4C)o3)C2)cc1C. The summed E-state index contributed by atoms with van der Waals surface area (Å²) in [6.45, 7) is 6.86. The van der Waals surface area contributed by atoms with Gasteiger partial charge in [-0.2, -0.15) is 4.31 Å². The molecule has 0 N–H and O–H groups in total. The van der Waals surface area contributed by atoms with E-state index in [0.29, 0.717) is 49.2 Å². The molecule has 4 rings (SSSR count). The Morgan fingerprint density at radius 1 is 1.26 bits per heavy atom. The van der Waals surface area contributed by atoms with Gasteiger partial charge in [0.2, 0.25) is 15.9 Å². The molecule has 0 saturated carbocycles. The number of piperidine rings is 1. The molecule has 9 nitrogen and oxygen atoms in total. The Kier molecular flexibility index (Phi) is 6.01. The molecule has 1 aliphatic heterocycles. The van der Waals surface area contributed by atoms with Crippen LogP contribution in [0.3, 0.4) is 0 Å². The maximum atomic E-state index is 13.3. The molecule has 164 valence electrons. The van der Waals surface area contributed by atoms with Crippen molar-refractivity contribution in [3.63, 3.8) is 0 Å². The third kappa shape index (κ3) is 4.31. The van der Waals surface area contributed by atoms with E-state index in [-0.39, 0.29) is 10.8 Å². The van der Waals surface area contributed by atoms with Crippen molar-refractivity contribution in [2.24, 2.45) is 0 Å². The van der Waals surface area contributed by atoms with E-state index in [2.05, 4.69) is 20.2 Å². The topological polar surface area (TPSA) is 111 Å². The van der Waals surface area contributed by atoms with Crippen LogP contribution in [0.1, 0.15) is 42.8 Å². The predicted molar refractivity (Wildman–Crippen MR) is 113 cm³/mol. The molecule has 0 unspecified atom stereocenters. The van der Waals surface area contributed by atoms with Crippen LogP contribution in [0.4, 0.5) is 0 Å². The highest BCUT2D eigenvalue weighted by Crippen LogP contribution is 2.32. The first kappa shape index (κ1) is 21.4. The molecular weight excluding hydrogens is 418 g/mol. The van der Waals surface area contributed by atoms with Crippen LogP contribution < -0.4 is 4.74 Å². The van der Waals surface area contributed by atoms with Gasteiger partial charge in [-0.05, 0) is 57.4 Å². The Morgan fingerprint density at radius 2 is 2.10 bits per heavy atom. The maximum Gasteiger partial charge on any atom is 0.251 e. The number of ether oxygens (including phenoxy) is 1. The predicted octanol–water partition coefficient (Wildman–Crippen LogP) is 3.11. The van der Waals surface area contributed by atoms with Crippen molar-refractivity contribution in [1.29, 1.82) is 0 Å². The van der Waals surface area contributed by atoms with Gasteiger partial charge < -0.3 is 9.15 Å². The fourth-order valence-corrected chi connectivity index (χ4v) is 5.33. The van der Waals surface area contributed by atoms with Gasteiger partial charge in [-0.3, -0.25) is 0 Å². The fraction of sp³-hybridized carbons (Fsp3) is 0.429. The molecule has 1 aliphatic rings. The largest absolute Gasteiger partial charge is 0.494 e. The molecule has 0 spiro atoms. The Bertz CT molecular complexity index is 1180.